The predicted molar refractivity (Wildman–Crippen MR) is 190 cm³/mol. The number of imide groups is 2. The van der Waals surface area contributed by atoms with Crippen LogP contribution < -0.4 is 25.6 Å². The van der Waals surface area contributed by atoms with E-state index in [0.717, 1.165) is 4.90 Å². The van der Waals surface area contributed by atoms with E-state index >= 15 is 0 Å². The van der Waals surface area contributed by atoms with E-state index in [1.807, 2.05) is 4.90 Å². The predicted octanol–water partition coefficient (Wildman–Crippen LogP) is 3.89. The Labute approximate surface area is 301 Å². The van der Waals surface area contributed by atoms with Gasteiger partial charge in [0.05, 0.1) is 40.2 Å². The van der Waals surface area contributed by atoms with Crippen LogP contribution >= 0.6 is 11.6 Å². The van der Waals surface area contributed by atoms with Crippen LogP contribution in [0.4, 0.5) is 27.3 Å². The summed E-state index contributed by atoms with van der Waals surface area (Å²) in [6.07, 6.45) is 4.72. The van der Waals surface area contributed by atoms with Gasteiger partial charge in [0, 0.05) is 62.4 Å². The number of nitrogens with zero attached hydrogens (tertiary/aromatic N) is 5. The highest BCUT2D eigenvalue weighted by Crippen LogP contribution is 2.36. The molecular weight excluding hydrogens is 695 g/mol. The van der Waals surface area contributed by atoms with Crippen molar-refractivity contribution in [3.8, 4) is 5.75 Å². The lowest BCUT2D eigenvalue weighted by atomic mass is 10.0. The third kappa shape index (κ3) is 6.75. The summed E-state index contributed by atoms with van der Waals surface area (Å²) in [7, 11) is 1.49. The number of ether oxygens (including phenoxy) is 1. The smallest absolute Gasteiger partial charge is 0.264 e. The summed E-state index contributed by atoms with van der Waals surface area (Å²) >= 11 is 5.94. The monoisotopic (exact) mass is 726 g/mol. The van der Waals surface area contributed by atoms with Crippen molar-refractivity contribution in [2.24, 2.45) is 0 Å². The third-order valence-electron chi connectivity index (χ3n) is 9.19. The second-order valence-electron chi connectivity index (χ2n) is 12.4. The first-order chi connectivity index (χ1) is 25.1. The number of fused-ring (bicyclic) bond motifs is 2. The molecule has 2 saturated heterocycles. The lowest BCUT2D eigenvalue weighted by Crippen LogP contribution is -2.54. The molecule has 0 aliphatic carbocycles. The molecule has 0 radical (unpaired) electrons. The molecule has 1 unspecified atom stereocenters. The summed E-state index contributed by atoms with van der Waals surface area (Å²) in [4.78, 5) is 77.7. The zero-order valence-corrected chi connectivity index (χ0v) is 28.6. The maximum Gasteiger partial charge on any atom is 0.264 e. The van der Waals surface area contributed by atoms with Crippen molar-refractivity contribution in [1.82, 2.24) is 25.1 Å². The van der Waals surface area contributed by atoms with Crippen molar-refractivity contribution in [3.05, 3.63) is 89.0 Å². The number of rotatable bonds is 9. The fraction of sp³-hybridized carbons (Fsp3) is 0.250. The van der Waals surface area contributed by atoms with Gasteiger partial charge in [-0.15, -0.1) is 0 Å². The normalized spacial score (nSPS) is 17.9. The van der Waals surface area contributed by atoms with Gasteiger partial charge in [-0.2, -0.15) is 0 Å². The average Bonchev–Trinajstić information content (AvgIpc) is 3.39. The van der Waals surface area contributed by atoms with E-state index in [0.29, 0.717) is 72.3 Å². The van der Waals surface area contributed by atoms with E-state index in [2.05, 4.69) is 30.8 Å². The molecular formula is C36H32ClFN8O6. The molecule has 1 atom stereocenters. The topological polar surface area (TPSA) is 166 Å². The highest BCUT2D eigenvalue weighted by atomic mass is 35.5. The van der Waals surface area contributed by atoms with Gasteiger partial charge in [0.15, 0.2) is 0 Å². The van der Waals surface area contributed by atoms with Gasteiger partial charge in [-0.25, -0.2) is 14.4 Å². The maximum atomic E-state index is 13.7. The van der Waals surface area contributed by atoms with Gasteiger partial charge in [0.25, 0.3) is 11.8 Å². The average molecular weight is 727 g/mol. The van der Waals surface area contributed by atoms with Crippen molar-refractivity contribution >= 4 is 74.9 Å². The summed E-state index contributed by atoms with van der Waals surface area (Å²) in [5.74, 6) is -2.26. The molecule has 3 aliphatic rings. The van der Waals surface area contributed by atoms with E-state index in [4.69, 9.17) is 16.3 Å². The summed E-state index contributed by atoms with van der Waals surface area (Å²) in [5.41, 5.74) is 2.59. The van der Waals surface area contributed by atoms with Crippen molar-refractivity contribution in [2.75, 3.05) is 55.4 Å². The Morgan fingerprint density at radius 2 is 1.87 bits per heavy atom. The summed E-state index contributed by atoms with van der Waals surface area (Å²) in [5, 5.41) is 8.73. The molecule has 3 aliphatic heterocycles. The highest BCUT2D eigenvalue weighted by molar-refractivity contribution is 6.31. The van der Waals surface area contributed by atoms with Gasteiger partial charge >= 0.3 is 0 Å². The molecule has 0 saturated carbocycles. The van der Waals surface area contributed by atoms with Crippen molar-refractivity contribution in [1.29, 1.82) is 0 Å². The Morgan fingerprint density at radius 1 is 1.06 bits per heavy atom. The van der Waals surface area contributed by atoms with Gasteiger partial charge in [0.1, 0.15) is 29.8 Å². The number of anilines is 4. The number of piperidine rings is 1. The van der Waals surface area contributed by atoms with Crippen molar-refractivity contribution in [3.63, 3.8) is 0 Å². The van der Waals surface area contributed by atoms with Crippen LogP contribution in [0.1, 0.15) is 33.6 Å². The number of nitrogens with one attached hydrogen (secondary N) is 3. The van der Waals surface area contributed by atoms with Gasteiger partial charge < -0.3 is 20.3 Å². The summed E-state index contributed by atoms with van der Waals surface area (Å²) < 4.78 is 19.2. The maximum absolute atomic E-state index is 13.7. The number of carbonyl (C=O) groups is 5. The number of benzene rings is 3. The van der Waals surface area contributed by atoms with Crippen LogP contribution in [0.2, 0.25) is 5.02 Å². The molecule has 4 aromatic rings. The molecule has 1 aromatic heterocycles. The Hall–Kier alpha value is -5.93. The lowest BCUT2D eigenvalue weighted by molar-refractivity contribution is -0.136. The van der Waals surface area contributed by atoms with Crippen molar-refractivity contribution < 1.29 is 33.1 Å². The lowest BCUT2D eigenvalue weighted by Gasteiger charge is -2.36. The number of piperazine rings is 1. The Balaban J connectivity index is 0.975. The number of carbonyl (C=O) groups excluding carboxylic acids is 5. The third-order valence-corrected chi connectivity index (χ3v) is 9.48. The van der Waals surface area contributed by atoms with Crippen LogP contribution in [0.3, 0.4) is 0 Å². The summed E-state index contributed by atoms with van der Waals surface area (Å²) in [6.45, 7) is 2.87. The molecule has 3 N–H and O–H groups in total. The highest BCUT2D eigenvalue weighted by Gasteiger charge is 2.46. The largest absolute Gasteiger partial charge is 0.494 e. The fourth-order valence-electron chi connectivity index (χ4n) is 6.58. The number of hydrogen-bond acceptors (Lipinski definition) is 11. The van der Waals surface area contributed by atoms with Crippen LogP contribution in [0.5, 0.6) is 5.75 Å². The zero-order valence-electron chi connectivity index (χ0n) is 27.8. The first-order valence-corrected chi connectivity index (χ1v) is 16.8. The number of aromatic nitrogens is 2. The molecule has 3 aromatic carbocycles. The minimum atomic E-state index is -1.03. The first-order valence-electron chi connectivity index (χ1n) is 16.5. The van der Waals surface area contributed by atoms with Crippen LogP contribution in [0.15, 0.2) is 67.0 Å². The molecule has 0 spiro atoms. The molecule has 4 heterocycles. The van der Waals surface area contributed by atoms with Gasteiger partial charge in [-0.3, -0.25) is 39.1 Å². The van der Waals surface area contributed by atoms with E-state index in [1.165, 1.54) is 37.7 Å². The number of halogens is 2. The number of hydrogen-bond donors (Lipinski definition) is 3. The molecule has 2 fully saturated rings. The molecule has 266 valence electrons. The Morgan fingerprint density at radius 3 is 2.62 bits per heavy atom. The van der Waals surface area contributed by atoms with Gasteiger partial charge in [-0.05, 0) is 42.8 Å². The quantitative estimate of drug-likeness (QED) is 0.169. The fourth-order valence-corrected chi connectivity index (χ4v) is 6.76. The summed E-state index contributed by atoms with van der Waals surface area (Å²) in [6, 6.07) is 11.6. The molecule has 16 heteroatoms. The van der Waals surface area contributed by atoms with E-state index in [9.17, 15) is 28.4 Å². The van der Waals surface area contributed by atoms with Crippen LogP contribution in [0, 0.1) is 5.82 Å². The Kier molecular flexibility index (Phi) is 9.53. The number of amides is 5. The van der Waals surface area contributed by atoms with E-state index in [1.54, 1.807) is 36.4 Å². The second-order valence-corrected chi connectivity index (χ2v) is 12.8. The van der Waals surface area contributed by atoms with Gasteiger partial charge in [-0.1, -0.05) is 23.7 Å². The molecule has 14 nitrogen and oxygen atoms in total. The van der Waals surface area contributed by atoms with Crippen molar-refractivity contribution in [2.45, 2.75) is 18.9 Å². The van der Waals surface area contributed by atoms with E-state index < -0.39 is 35.5 Å². The molecule has 5 amide bonds. The molecule has 7 rings (SSSR count). The standard InChI is InChI=1S/C36H32ClFN8O6/c1-52-29-18-25-22(33(40-19-39-25)41-20-7-8-24(38)23(37)16-20)17-26(29)42-30(47)6-3-11-44-12-14-45(15-13-44)27-5-2-4-21-32(27)36(51)46(35(21)50)28-9-10-31(48)43-34(28)49/h2-8,16-19,28H,9-15H2,1H3,(H,42,47)(H,39,40,41)(H,43,48,49)/b6-3+. The van der Waals surface area contributed by atoms with E-state index in [-0.39, 0.29) is 34.9 Å². The molecule has 0 bridgehead atoms. The SMILES string of the molecule is COc1cc2ncnc(Nc3ccc(F)c(Cl)c3)c2cc1NC(=O)/C=C/CN1CCN(c2cccc3c2C(=O)N(C2CCC(=O)NC2=O)C3=O)CC1. The molecule has 52 heavy (non-hydrogen) atoms. The van der Waals surface area contributed by atoms with Gasteiger partial charge in [0.2, 0.25) is 17.7 Å². The second kappa shape index (κ2) is 14.4. The van der Waals surface area contributed by atoms with Crippen LogP contribution in [0.25, 0.3) is 10.9 Å². The zero-order chi connectivity index (χ0) is 36.5. The minimum Gasteiger partial charge on any atom is -0.494 e. The number of methoxy groups -OCH3 is 1. The van der Waals surface area contributed by atoms with Crippen LogP contribution in [-0.4, -0.2) is 95.2 Å². The first kappa shape index (κ1) is 34.5. The van der Waals surface area contributed by atoms with Crippen LogP contribution in [-0.2, 0) is 14.4 Å². The minimum absolute atomic E-state index is 0.0414. The Bertz CT molecular complexity index is 2170.